The molecule has 1 aromatic heterocycles. The maximum atomic E-state index is 5.85. The molecule has 1 N–H and O–H groups in total. The molecule has 0 saturated heterocycles. The summed E-state index contributed by atoms with van der Waals surface area (Å²) in [7, 11) is 1.68. The molecule has 1 unspecified atom stereocenters. The molecule has 0 aliphatic rings. The van der Waals surface area contributed by atoms with E-state index in [2.05, 4.69) is 51.0 Å². The average Bonchev–Trinajstić information content (AvgIpc) is 2.35. The van der Waals surface area contributed by atoms with E-state index in [1.165, 1.54) is 5.56 Å². The molecule has 1 heterocycles. The minimum Gasteiger partial charge on any atom is -0.472 e. The highest BCUT2D eigenvalue weighted by Crippen LogP contribution is 2.20. The van der Waals surface area contributed by atoms with Crippen LogP contribution in [-0.2, 0) is 11.3 Å². The number of methoxy groups -OCH3 is 1. The summed E-state index contributed by atoms with van der Waals surface area (Å²) in [6, 6.07) is 4.16. The first-order valence-corrected chi connectivity index (χ1v) is 7.62. The van der Waals surface area contributed by atoms with Gasteiger partial charge in [-0.1, -0.05) is 13.8 Å². The zero-order chi connectivity index (χ0) is 16.0. The lowest BCUT2D eigenvalue weighted by Crippen LogP contribution is -2.35. The van der Waals surface area contributed by atoms with Crippen LogP contribution in [0.5, 0.6) is 5.88 Å². The molecule has 0 aromatic carbocycles. The maximum absolute atomic E-state index is 5.85. The molecular weight excluding hydrogens is 264 g/mol. The van der Waals surface area contributed by atoms with E-state index in [0.29, 0.717) is 18.4 Å². The van der Waals surface area contributed by atoms with Gasteiger partial charge in [0.2, 0.25) is 5.88 Å². The van der Waals surface area contributed by atoms with Gasteiger partial charge in [-0.3, -0.25) is 0 Å². The van der Waals surface area contributed by atoms with Crippen molar-refractivity contribution < 1.29 is 9.47 Å². The van der Waals surface area contributed by atoms with Gasteiger partial charge in [0.15, 0.2) is 0 Å². The molecule has 0 bridgehead atoms. The lowest BCUT2D eigenvalue weighted by atomic mass is 10.1. The fourth-order valence-electron chi connectivity index (χ4n) is 1.88. The molecule has 0 aliphatic carbocycles. The zero-order valence-electron chi connectivity index (χ0n) is 14.5. The van der Waals surface area contributed by atoms with Crippen LogP contribution in [0.4, 0.5) is 0 Å². The van der Waals surface area contributed by atoms with Gasteiger partial charge in [-0.05, 0) is 45.2 Å². The Balaban J connectivity index is 2.89. The van der Waals surface area contributed by atoms with Crippen molar-refractivity contribution in [3.8, 4) is 5.88 Å². The molecular formula is C17H30N2O2. The number of ether oxygens (including phenoxy) is 2. The van der Waals surface area contributed by atoms with E-state index in [9.17, 15) is 0 Å². The Bertz CT molecular complexity index is 439. The first-order valence-electron chi connectivity index (χ1n) is 7.62. The molecule has 0 fully saturated rings. The van der Waals surface area contributed by atoms with Crippen LogP contribution in [0.2, 0.25) is 0 Å². The van der Waals surface area contributed by atoms with E-state index in [1.54, 1.807) is 7.11 Å². The van der Waals surface area contributed by atoms with Crippen LogP contribution in [0.3, 0.4) is 0 Å². The Morgan fingerprint density at radius 1 is 1.19 bits per heavy atom. The SMILES string of the molecule is COCC(C)Oc1cc(CNC(C)(C)C)cc(C(C)C)n1. The predicted octanol–water partition coefficient (Wildman–Crippen LogP) is 3.51. The number of hydrogen-bond donors (Lipinski definition) is 1. The first-order chi connectivity index (χ1) is 9.71. The monoisotopic (exact) mass is 294 g/mol. The topological polar surface area (TPSA) is 43.4 Å². The Morgan fingerprint density at radius 2 is 1.86 bits per heavy atom. The van der Waals surface area contributed by atoms with Crippen LogP contribution in [0, 0.1) is 0 Å². The van der Waals surface area contributed by atoms with E-state index in [4.69, 9.17) is 9.47 Å². The molecule has 1 atom stereocenters. The summed E-state index contributed by atoms with van der Waals surface area (Å²) in [6.45, 7) is 14.1. The van der Waals surface area contributed by atoms with Crippen molar-refractivity contribution >= 4 is 0 Å². The summed E-state index contributed by atoms with van der Waals surface area (Å²) in [5.74, 6) is 1.05. The van der Waals surface area contributed by atoms with Crippen LogP contribution in [0.1, 0.15) is 58.7 Å². The largest absolute Gasteiger partial charge is 0.472 e. The van der Waals surface area contributed by atoms with Crippen molar-refractivity contribution in [2.24, 2.45) is 0 Å². The van der Waals surface area contributed by atoms with Gasteiger partial charge in [0.25, 0.3) is 0 Å². The van der Waals surface area contributed by atoms with Crippen LogP contribution in [-0.4, -0.2) is 30.3 Å². The van der Waals surface area contributed by atoms with Crippen LogP contribution < -0.4 is 10.1 Å². The second kappa shape index (κ2) is 7.76. The van der Waals surface area contributed by atoms with Crippen molar-refractivity contribution in [2.45, 2.75) is 65.6 Å². The van der Waals surface area contributed by atoms with Gasteiger partial charge < -0.3 is 14.8 Å². The summed E-state index contributed by atoms with van der Waals surface area (Å²) in [5, 5.41) is 3.50. The molecule has 21 heavy (non-hydrogen) atoms. The third-order valence-corrected chi connectivity index (χ3v) is 3.02. The summed E-state index contributed by atoms with van der Waals surface area (Å²) in [6.07, 6.45) is -0.00617. The highest BCUT2D eigenvalue weighted by Gasteiger charge is 2.13. The van der Waals surface area contributed by atoms with Gasteiger partial charge in [0.05, 0.1) is 6.61 Å². The number of nitrogens with one attached hydrogen (secondary N) is 1. The number of hydrogen-bond acceptors (Lipinski definition) is 4. The average molecular weight is 294 g/mol. The van der Waals surface area contributed by atoms with E-state index in [-0.39, 0.29) is 11.6 Å². The molecule has 0 radical (unpaired) electrons. The van der Waals surface area contributed by atoms with Crippen molar-refractivity contribution in [3.63, 3.8) is 0 Å². The maximum Gasteiger partial charge on any atom is 0.214 e. The molecule has 0 spiro atoms. The Morgan fingerprint density at radius 3 is 2.38 bits per heavy atom. The third kappa shape index (κ3) is 6.91. The quantitative estimate of drug-likeness (QED) is 0.836. The van der Waals surface area contributed by atoms with Crippen molar-refractivity contribution in [3.05, 3.63) is 23.4 Å². The minimum atomic E-state index is -0.00617. The Labute approximate surface area is 129 Å². The van der Waals surface area contributed by atoms with Crippen LogP contribution in [0.15, 0.2) is 12.1 Å². The number of pyridine rings is 1. The molecule has 0 saturated carbocycles. The third-order valence-electron chi connectivity index (χ3n) is 3.02. The Kier molecular flexibility index (Phi) is 6.62. The van der Waals surface area contributed by atoms with Gasteiger partial charge in [-0.15, -0.1) is 0 Å². The highest BCUT2D eigenvalue weighted by molar-refractivity contribution is 5.27. The normalized spacial score (nSPS) is 13.5. The second-order valence-electron chi connectivity index (χ2n) is 6.88. The number of aromatic nitrogens is 1. The predicted molar refractivity (Wildman–Crippen MR) is 86.9 cm³/mol. The smallest absolute Gasteiger partial charge is 0.214 e. The summed E-state index contributed by atoms with van der Waals surface area (Å²) < 4.78 is 11.0. The molecule has 120 valence electrons. The number of rotatable bonds is 7. The molecule has 4 nitrogen and oxygen atoms in total. The van der Waals surface area contributed by atoms with E-state index in [0.717, 1.165) is 12.2 Å². The van der Waals surface area contributed by atoms with Crippen molar-refractivity contribution in [2.75, 3.05) is 13.7 Å². The van der Waals surface area contributed by atoms with Crippen molar-refractivity contribution in [1.29, 1.82) is 0 Å². The fourth-order valence-corrected chi connectivity index (χ4v) is 1.88. The summed E-state index contributed by atoms with van der Waals surface area (Å²) >= 11 is 0. The number of nitrogens with zero attached hydrogens (tertiary/aromatic N) is 1. The van der Waals surface area contributed by atoms with Gasteiger partial charge in [0, 0.05) is 31.0 Å². The van der Waals surface area contributed by atoms with Gasteiger partial charge >= 0.3 is 0 Å². The first kappa shape index (κ1) is 17.9. The summed E-state index contributed by atoms with van der Waals surface area (Å²) in [5.41, 5.74) is 2.34. The van der Waals surface area contributed by atoms with Gasteiger partial charge in [0.1, 0.15) is 6.10 Å². The van der Waals surface area contributed by atoms with E-state index >= 15 is 0 Å². The minimum absolute atomic E-state index is 0.00617. The lowest BCUT2D eigenvalue weighted by molar-refractivity contribution is 0.0887. The lowest BCUT2D eigenvalue weighted by Gasteiger charge is -2.21. The van der Waals surface area contributed by atoms with E-state index < -0.39 is 0 Å². The summed E-state index contributed by atoms with van der Waals surface area (Å²) in [4.78, 5) is 4.59. The van der Waals surface area contributed by atoms with Crippen molar-refractivity contribution in [1.82, 2.24) is 10.3 Å². The van der Waals surface area contributed by atoms with Crippen LogP contribution in [0.25, 0.3) is 0 Å². The standard InChI is InChI=1S/C17H30N2O2/c1-12(2)15-8-14(10-18-17(4,5)6)9-16(19-15)21-13(3)11-20-7/h8-9,12-13,18H,10-11H2,1-7H3. The fraction of sp³-hybridized carbons (Fsp3) is 0.706. The molecule has 1 rings (SSSR count). The Hall–Kier alpha value is -1.13. The van der Waals surface area contributed by atoms with E-state index in [1.807, 2.05) is 13.0 Å². The van der Waals surface area contributed by atoms with Gasteiger partial charge in [-0.2, -0.15) is 0 Å². The van der Waals surface area contributed by atoms with Gasteiger partial charge in [-0.25, -0.2) is 4.98 Å². The molecule has 0 aliphatic heterocycles. The molecule has 0 amide bonds. The van der Waals surface area contributed by atoms with Crippen LogP contribution >= 0.6 is 0 Å². The molecule has 4 heteroatoms. The molecule has 1 aromatic rings. The second-order valence-corrected chi connectivity index (χ2v) is 6.88. The highest BCUT2D eigenvalue weighted by atomic mass is 16.5. The zero-order valence-corrected chi connectivity index (χ0v) is 14.5.